The average molecular weight is 503 g/mol. The minimum absolute atomic E-state index is 0.0405. The molecule has 0 unspecified atom stereocenters. The molecular formula is C24H34N6O6. The van der Waals surface area contributed by atoms with Crippen molar-refractivity contribution in [3.63, 3.8) is 0 Å². The lowest BCUT2D eigenvalue weighted by Gasteiger charge is -2.32. The van der Waals surface area contributed by atoms with Gasteiger partial charge in [-0.1, -0.05) is 0 Å². The summed E-state index contributed by atoms with van der Waals surface area (Å²) in [5.41, 5.74) is 0.983. The molecule has 0 saturated carbocycles. The molecule has 0 spiro atoms. The summed E-state index contributed by atoms with van der Waals surface area (Å²) in [5, 5.41) is 42.8. The summed E-state index contributed by atoms with van der Waals surface area (Å²) in [7, 11) is 4.04. The molecule has 0 amide bonds. The van der Waals surface area contributed by atoms with Crippen molar-refractivity contribution in [3.8, 4) is 11.5 Å². The molecule has 2 N–H and O–H groups in total. The second-order valence-corrected chi connectivity index (χ2v) is 9.30. The Hall–Kier alpha value is -3.32. The molecule has 0 aromatic heterocycles. The summed E-state index contributed by atoms with van der Waals surface area (Å²) >= 11 is 0. The maximum atomic E-state index is 11.2. The molecule has 12 heteroatoms. The van der Waals surface area contributed by atoms with Gasteiger partial charge in [0.1, 0.15) is 11.5 Å². The molecule has 1 heterocycles. The topological polar surface area (TPSA) is 140 Å². The molecule has 196 valence electrons. The van der Waals surface area contributed by atoms with Crippen molar-refractivity contribution in [1.29, 1.82) is 0 Å². The van der Waals surface area contributed by atoms with E-state index in [0.717, 1.165) is 52.4 Å². The molecule has 36 heavy (non-hydrogen) atoms. The van der Waals surface area contributed by atoms with E-state index in [4.69, 9.17) is 0 Å². The first-order chi connectivity index (χ1) is 17.1. The van der Waals surface area contributed by atoms with Gasteiger partial charge in [-0.3, -0.25) is 30.0 Å². The Morgan fingerprint density at radius 1 is 0.667 bits per heavy atom. The van der Waals surface area contributed by atoms with Gasteiger partial charge in [-0.2, -0.15) is 0 Å². The van der Waals surface area contributed by atoms with Crippen LogP contribution in [0, 0.1) is 20.2 Å². The fourth-order valence-corrected chi connectivity index (χ4v) is 4.12. The van der Waals surface area contributed by atoms with Gasteiger partial charge in [0.2, 0.25) is 0 Å². The zero-order valence-electron chi connectivity index (χ0n) is 20.7. The Kier molecular flexibility index (Phi) is 9.53. The second kappa shape index (κ2) is 12.6. The normalized spacial score (nSPS) is 17.8. The molecule has 3 rings (SSSR count). The monoisotopic (exact) mass is 502 g/mol. The number of nitrogens with zero attached hydrogens (tertiary/aromatic N) is 6. The smallest absolute Gasteiger partial charge is 0.270 e. The lowest BCUT2D eigenvalue weighted by atomic mass is 10.1. The van der Waals surface area contributed by atoms with E-state index in [2.05, 4.69) is 19.6 Å². The van der Waals surface area contributed by atoms with Crippen LogP contribution < -0.4 is 0 Å². The summed E-state index contributed by atoms with van der Waals surface area (Å²) in [6.07, 6.45) is 0. The van der Waals surface area contributed by atoms with Crippen LogP contribution in [0.3, 0.4) is 0 Å². The van der Waals surface area contributed by atoms with Crippen LogP contribution >= 0.6 is 0 Å². The van der Waals surface area contributed by atoms with Crippen LogP contribution in [0.1, 0.15) is 11.1 Å². The number of hydrogen-bond donors (Lipinski definition) is 2. The first-order valence-corrected chi connectivity index (χ1v) is 11.9. The number of likely N-dealkylation sites (N-methyl/N-ethyl adjacent to an activating group) is 2. The predicted molar refractivity (Wildman–Crippen MR) is 135 cm³/mol. The standard InChI is InChI=1S/C24H34N6O6/c1-25-7-11-27(17-19-15-21(29(33)34)3-5-23(19)31)13-9-26(2)10-14-28(12-8-25)18-20-16-22(30(35)36)4-6-24(20)32/h3-6,15-16,31-32H,7-14,17-18H2,1-2H3. The molecule has 12 nitrogen and oxygen atoms in total. The number of nitro benzene ring substituents is 2. The van der Waals surface area contributed by atoms with Gasteiger partial charge in [0, 0.05) is 101 Å². The Morgan fingerprint density at radius 3 is 1.31 bits per heavy atom. The van der Waals surface area contributed by atoms with Crippen LogP contribution in [0.25, 0.3) is 0 Å². The third-order valence-electron chi connectivity index (χ3n) is 6.53. The number of phenols is 2. The van der Waals surface area contributed by atoms with Crippen LogP contribution in [0.15, 0.2) is 36.4 Å². The number of benzene rings is 2. The number of nitro groups is 2. The Labute approximate surface area is 210 Å². The maximum Gasteiger partial charge on any atom is 0.270 e. The number of phenolic OH excluding ortho intramolecular Hbond substituents is 2. The highest BCUT2D eigenvalue weighted by Gasteiger charge is 2.18. The summed E-state index contributed by atoms with van der Waals surface area (Å²) in [4.78, 5) is 30.1. The first-order valence-electron chi connectivity index (χ1n) is 11.9. The molecule has 0 radical (unpaired) electrons. The summed E-state index contributed by atoms with van der Waals surface area (Å²) in [5.74, 6) is 0.0990. The lowest BCUT2D eigenvalue weighted by molar-refractivity contribution is -0.385. The number of aromatic hydroxyl groups is 2. The predicted octanol–water partition coefficient (Wildman–Crippen LogP) is 2.10. The largest absolute Gasteiger partial charge is 0.508 e. The third-order valence-corrected chi connectivity index (χ3v) is 6.53. The quantitative estimate of drug-likeness (QED) is 0.446. The van der Waals surface area contributed by atoms with E-state index in [9.17, 15) is 30.4 Å². The zero-order valence-corrected chi connectivity index (χ0v) is 20.7. The zero-order chi connectivity index (χ0) is 26.2. The van der Waals surface area contributed by atoms with Crippen molar-refractivity contribution >= 4 is 11.4 Å². The van der Waals surface area contributed by atoms with Gasteiger partial charge < -0.3 is 20.0 Å². The fraction of sp³-hybridized carbons (Fsp3) is 0.500. The van der Waals surface area contributed by atoms with Gasteiger partial charge in [-0.05, 0) is 26.2 Å². The number of non-ortho nitro benzene ring substituents is 2. The molecule has 2 aromatic rings. The molecule has 1 aliphatic heterocycles. The van der Waals surface area contributed by atoms with E-state index in [-0.39, 0.29) is 22.9 Å². The van der Waals surface area contributed by atoms with Crippen molar-refractivity contribution in [3.05, 3.63) is 67.8 Å². The van der Waals surface area contributed by atoms with Crippen molar-refractivity contribution < 1.29 is 20.1 Å². The molecule has 0 atom stereocenters. The van der Waals surface area contributed by atoms with Crippen LogP contribution in [-0.4, -0.2) is 106 Å². The van der Waals surface area contributed by atoms with Crippen molar-refractivity contribution in [1.82, 2.24) is 19.6 Å². The van der Waals surface area contributed by atoms with Crippen LogP contribution in [0.4, 0.5) is 11.4 Å². The molecule has 1 fully saturated rings. The highest BCUT2D eigenvalue weighted by molar-refractivity contribution is 5.43. The van der Waals surface area contributed by atoms with Crippen LogP contribution in [0.5, 0.6) is 11.5 Å². The minimum Gasteiger partial charge on any atom is -0.508 e. The number of hydrogen-bond acceptors (Lipinski definition) is 10. The lowest BCUT2D eigenvalue weighted by Crippen LogP contribution is -2.43. The van der Waals surface area contributed by atoms with E-state index in [1.807, 2.05) is 14.1 Å². The molecule has 1 saturated heterocycles. The highest BCUT2D eigenvalue weighted by atomic mass is 16.6. The first kappa shape index (κ1) is 27.3. The summed E-state index contributed by atoms with van der Waals surface area (Å²) in [6.45, 7) is 6.74. The molecule has 2 aromatic carbocycles. The van der Waals surface area contributed by atoms with Crippen molar-refractivity contribution in [2.75, 3.05) is 66.5 Å². The summed E-state index contributed by atoms with van der Waals surface area (Å²) in [6, 6.07) is 8.21. The molecule has 0 bridgehead atoms. The van der Waals surface area contributed by atoms with E-state index < -0.39 is 9.85 Å². The molecule has 0 aliphatic carbocycles. The molecule has 1 aliphatic rings. The molecular weight excluding hydrogens is 468 g/mol. The average Bonchev–Trinajstić information content (AvgIpc) is 2.83. The van der Waals surface area contributed by atoms with Gasteiger partial charge in [-0.15, -0.1) is 0 Å². The maximum absolute atomic E-state index is 11.2. The van der Waals surface area contributed by atoms with Crippen molar-refractivity contribution in [2.45, 2.75) is 13.1 Å². The van der Waals surface area contributed by atoms with E-state index >= 15 is 0 Å². The fourth-order valence-electron chi connectivity index (χ4n) is 4.12. The SMILES string of the molecule is CN1CCN(Cc2cc([N+](=O)[O-])ccc2O)CCN(C)CCN(Cc2cc([N+](=O)[O-])ccc2O)CC1. The van der Waals surface area contributed by atoms with Gasteiger partial charge in [0.25, 0.3) is 11.4 Å². The highest BCUT2D eigenvalue weighted by Crippen LogP contribution is 2.25. The Balaban J connectivity index is 1.66. The van der Waals surface area contributed by atoms with E-state index in [1.165, 1.54) is 36.4 Å². The number of rotatable bonds is 6. The van der Waals surface area contributed by atoms with Crippen LogP contribution in [0.2, 0.25) is 0 Å². The summed E-state index contributed by atoms with van der Waals surface area (Å²) < 4.78 is 0. The second-order valence-electron chi connectivity index (χ2n) is 9.30. The van der Waals surface area contributed by atoms with E-state index in [1.54, 1.807) is 0 Å². The Bertz CT molecular complexity index is 968. The van der Waals surface area contributed by atoms with E-state index in [0.29, 0.717) is 24.2 Å². The Morgan fingerprint density at radius 2 is 1.00 bits per heavy atom. The van der Waals surface area contributed by atoms with Crippen LogP contribution in [-0.2, 0) is 13.1 Å². The van der Waals surface area contributed by atoms with Crippen molar-refractivity contribution in [2.24, 2.45) is 0 Å². The minimum atomic E-state index is -0.458. The van der Waals surface area contributed by atoms with Gasteiger partial charge in [0.05, 0.1) is 9.85 Å². The van der Waals surface area contributed by atoms with Gasteiger partial charge in [-0.25, -0.2) is 0 Å². The third kappa shape index (κ3) is 7.85. The van der Waals surface area contributed by atoms with Gasteiger partial charge in [0.15, 0.2) is 0 Å². The van der Waals surface area contributed by atoms with Gasteiger partial charge >= 0.3 is 0 Å².